The second kappa shape index (κ2) is 10.2. The van der Waals surface area contributed by atoms with Crippen molar-refractivity contribution < 1.29 is 4.79 Å². The highest BCUT2D eigenvalue weighted by Crippen LogP contribution is 2.11. The summed E-state index contributed by atoms with van der Waals surface area (Å²) >= 11 is 0. The van der Waals surface area contributed by atoms with Crippen molar-refractivity contribution in [1.82, 2.24) is 10.2 Å². The number of urea groups is 1. The molecule has 124 valence electrons. The predicted molar refractivity (Wildman–Crippen MR) is 94.5 cm³/mol. The molecule has 4 nitrogen and oxygen atoms in total. The highest BCUT2D eigenvalue weighted by Gasteiger charge is 2.08. The van der Waals surface area contributed by atoms with Gasteiger partial charge in [0.1, 0.15) is 0 Å². The Hall–Kier alpha value is -1.55. The number of carbonyl (C=O) groups is 1. The molecule has 22 heavy (non-hydrogen) atoms. The Morgan fingerprint density at radius 1 is 1.23 bits per heavy atom. The van der Waals surface area contributed by atoms with E-state index in [2.05, 4.69) is 49.3 Å². The maximum absolute atomic E-state index is 12.0. The molecule has 0 saturated carbocycles. The molecule has 0 aliphatic rings. The summed E-state index contributed by atoms with van der Waals surface area (Å²) in [5.41, 5.74) is 2.08. The zero-order valence-corrected chi connectivity index (χ0v) is 14.5. The predicted octanol–water partition coefficient (Wildman–Crippen LogP) is 3.88. The second-order valence-corrected chi connectivity index (χ2v) is 5.72. The monoisotopic (exact) mass is 305 g/mol. The molecule has 1 aromatic carbocycles. The molecule has 0 spiro atoms. The van der Waals surface area contributed by atoms with Crippen molar-refractivity contribution in [3.05, 3.63) is 29.8 Å². The lowest BCUT2D eigenvalue weighted by atomic mass is 10.1. The van der Waals surface area contributed by atoms with Gasteiger partial charge in [-0.25, -0.2) is 4.79 Å². The van der Waals surface area contributed by atoms with Gasteiger partial charge in [0.25, 0.3) is 0 Å². The van der Waals surface area contributed by atoms with E-state index < -0.39 is 0 Å². The van der Waals surface area contributed by atoms with Crippen molar-refractivity contribution in [3.8, 4) is 0 Å². The standard InChI is InChI=1S/C18H31N3O/c1-5-16-11-8-12-17(14-16)20-18(22)19-15(4)10-9-13-21(6-2)7-3/h8,11-12,14-15H,5-7,9-10,13H2,1-4H3,(H2,19,20,22). The van der Waals surface area contributed by atoms with Crippen LogP contribution in [0.1, 0.15) is 46.1 Å². The minimum Gasteiger partial charge on any atom is -0.335 e. The largest absolute Gasteiger partial charge is 0.335 e. The summed E-state index contributed by atoms with van der Waals surface area (Å²) in [6, 6.07) is 8.04. The van der Waals surface area contributed by atoms with E-state index in [0.29, 0.717) is 0 Å². The highest BCUT2D eigenvalue weighted by atomic mass is 16.2. The molecule has 0 aromatic heterocycles. The number of nitrogens with one attached hydrogen (secondary N) is 2. The fraction of sp³-hybridized carbons (Fsp3) is 0.611. The number of carbonyl (C=O) groups excluding carboxylic acids is 1. The van der Waals surface area contributed by atoms with Crippen LogP contribution in [-0.2, 0) is 6.42 Å². The Kier molecular flexibility index (Phi) is 8.60. The van der Waals surface area contributed by atoms with Crippen molar-refractivity contribution in [2.45, 2.75) is 53.0 Å². The molecule has 0 radical (unpaired) electrons. The van der Waals surface area contributed by atoms with Gasteiger partial charge in [-0.05, 0) is 63.5 Å². The van der Waals surface area contributed by atoms with Crippen LogP contribution in [0.15, 0.2) is 24.3 Å². The summed E-state index contributed by atoms with van der Waals surface area (Å²) in [6.07, 6.45) is 3.08. The lowest BCUT2D eigenvalue weighted by molar-refractivity contribution is 0.247. The number of aryl methyl sites for hydroxylation is 1. The molecule has 0 saturated heterocycles. The minimum atomic E-state index is -0.122. The van der Waals surface area contributed by atoms with Crippen molar-refractivity contribution in [2.75, 3.05) is 25.0 Å². The Balaban J connectivity index is 2.31. The molecule has 0 aliphatic carbocycles. The van der Waals surface area contributed by atoms with E-state index in [1.54, 1.807) is 0 Å². The molecule has 1 atom stereocenters. The van der Waals surface area contributed by atoms with Crippen molar-refractivity contribution in [1.29, 1.82) is 0 Å². The molecule has 1 unspecified atom stereocenters. The van der Waals surface area contributed by atoms with E-state index in [-0.39, 0.29) is 12.1 Å². The Labute approximate surface area is 135 Å². The zero-order chi connectivity index (χ0) is 16.4. The molecule has 2 N–H and O–H groups in total. The van der Waals surface area contributed by atoms with Crippen molar-refractivity contribution in [2.24, 2.45) is 0 Å². The molecule has 4 heteroatoms. The summed E-state index contributed by atoms with van der Waals surface area (Å²) in [6.45, 7) is 11.8. The fourth-order valence-electron chi connectivity index (χ4n) is 2.49. The number of hydrogen-bond acceptors (Lipinski definition) is 2. The van der Waals surface area contributed by atoms with Gasteiger partial charge in [-0.2, -0.15) is 0 Å². The topological polar surface area (TPSA) is 44.4 Å². The molecule has 2 amide bonds. The van der Waals surface area contributed by atoms with E-state index in [0.717, 1.165) is 44.6 Å². The average Bonchev–Trinajstić information content (AvgIpc) is 2.51. The summed E-state index contributed by atoms with van der Waals surface area (Å²) in [5.74, 6) is 0. The lowest BCUT2D eigenvalue weighted by Crippen LogP contribution is -2.36. The van der Waals surface area contributed by atoms with Gasteiger partial charge in [-0.15, -0.1) is 0 Å². The summed E-state index contributed by atoms with van der Waals surface area (Å²) in [7, 11) is 0. The Morgan fingerprint density at radius 2 is 1.95 bits per heavy atom. The van der Waals surface area contributed by atoms with Gasteiger partial charge in [0.15, 0.2) is 0 Å². The fourth-order valence-corrected chi connectivity index (χ4v) is 2.49. The van der Waals surface area contributed by atoms with Crippen LogP contribution in [0.2, 0.25) is 0 Å². The number of nitrogens with zero attached hydrogens (tertiary/aromatic N) is 1. The van der Waals surface area contributed by atoms with Crippen LogP contribution in [0.25, 0.3) is 0 Å². The third-order valence-corrected chi connectivity index (χ3v) is 3.98. The molecule has 1 aromatic rings. The first kappa shape index (κ1) is 18.5. The maximum Gasteiger partial charge on any atom is 0.319 e. The summed E-state index contributed by atoms with van der Waals surface area (Å²) in [4.78, 5) is 14.4. The number of amides is 2. The number of benzene rings is 1. The van der Waals surface area contributed by atoms with Gasteiger partial charge >= 0.3 is 6.03 Å². The highest BCUT2D eigenvalue weighted by molar-refractivity contribution is 5.89. The van der Waals surface area contributed by atoms with Crippen LogP contribution in [0.5, 0.6) is 0 Å². The van der Waals surface area contributed by atoms with Crippen molar-refractivity contribution >= 4 is 11.7 Å². The number of anilines is 1. The van der Waals surface area contributed by atoms with Crippen LogP contribution in [0.4, 0.5) is 10.5 Å². The van der Waals surface area contributed by atoms with E-state index >= 15 is 0 Å². The molecule has 1 rings (SSSR count). The summed E-state index contributed by atoms with van der Waals surface area (Å²) < 4.78 is 0. The first-order valence-corrected chi connectivity index (χ1v) is 8.47. The van der Waals surface area contributed by atoms with E-state index in [4.69, 9.17) is 0 Å². The first-order valence-electron chi connectivity index (χ1n) is 8.47. The minimum absolute atomic E-state index is 0.122. The third kappa shape index (κ3) is 6.94. The Bertz CT molecular complexity index is 444. The van der Waals surface area contributed by atoms with Crippen molar-refractivity contribution in [3.63, 3.8) is 0 Å². The first-order chi connectivity index (χ1) is 10.6. The molecular weight excluding hydrogens is 274 g/mol. The smallest absolute Gasteiger partial charge is 0.319 e. The van der Waals surface area contributed by atoms with Gasteiger partial charge in [-0.3, -0.25) is 0 Å². The number of rotatable bonds is 9. The van der Waals surface area contributed by atoms with Crippen LogP contribution in [-0.4, -0.2) is 36.6 Å². The molecule has 0 bridgehead atoms. The van der Waals surface area contributed by atoms with Gasteiger partial charge < -0.3 is 15.5 Å². The van der Waals surface area contributed by atoms with Gasteiger partial charge in [0.2, 0.25) is 0 Å². The lowest BCUT2D eigenvalue weighted by Gasteiger charge is -2.20. The quantitative estimate of drug-likeness (QED) is 0.727. The SMILES string of the molecule is CCc1cccc(NC(=O)NC(C)CCCN(CC)CC)c1. The molecule has 0 fully saturated rings. The zero-order valence-electron chi connectivity index (χ0n) is 14.5. The molecular formula is C18H31N3O. The van der Waals surface area contributed by atoms with E-state index in [1.807, 2.05) is 18.2 Å². The van der Waals surface area contributed by atoms with E-state index in [9.17, 15) is 4.79 Å². The van der Waals surface area contributed by atoms with Gasteiger partial charge in [0.05, 0.1) is 0 Å². The van der Waals surface area contributed by atoms with Gasteiger partial charge in [0, 0.05) is 11.7 Å². The normalized spacial score (nSPS) is 12.2. The maximum atomic E-state index is 12.0. The average molecular weight is 305 g/mol. The number of hydrogen-bond donors (Lipinski definition) is 2. The molecule has 0 aliphatic heterocycles. The third-order valence-electron chi connectivity index (χ3n) is 3.98. The van der Waals surface area contributed by atoms with Crippen LogP contribution >= 0.6 is 0 Å². The van der Waals surface area contributed by atoms with E-state index in [1.165, 1.54) is 5.56 Å². The molecule has 0 heterocycles. The second-order valence-electron chi connectivity index (χ2n) is 5.72. The van der Waals surface area contributed by atoms with Gasteiger partial charge in [-0.1, -0.05) is 32.9 Å². The summed E-state index contributed by atoms with van der Waals surface area (Å²) in [5, 5.41) is 5.92. The Morgan fingerprint density at radius 3 is 2.59 bits per heavy atom. The van der Waals surface area contributed by atoms with Crippen LogP contribution < -0.4 is 10.6 Å². The van der Waals surface area contributed by atoms with Crippen LogP contribution in [0.3, 0.4) is 0 Å². The van der Waals surface area contributed by atoms with Crippen LogP contribution in [0, 0.1) is 0 Å².